The van der Waals surface area contributed by atoms with Crippen LogP contribution in [-0.2, 0) is 4.79 Å². The van der Waals surface area contributed by atoms with Crippen LogP contribution in [-0.4, -0.2) is 60.2 Å². The van der Waals surface area contributed by atoms with Crippen molar-refractivity contribution < 1.29 is 14.4 Å². The van der Waals surface area contributed by atoms with Crippen molar-refractivity contribution in [1.29, 1.82) is 0 Å². The second-order valence-electron chi connectivity index (χ2n) is 6.14. The SMILES string of the molecule is CCN(CC)CCCNC(=O)CCCN1C(=O)c2ccccc2C1=O. The molecule has 0 saturated carbocycles. The lowest BCUT2D eigenvalue weighted by Gasteiger charge is -2.17. The van der Waals surface area contributed by atoms with Gasteiger partial charge in [0.1, 0.15) is 0 Å². The smallest absolute Gasteiger partial charge is 0.261 e. The number of imide groups is 1. The van der Waals surface area contributed by atoms with E-state index in [-0.39, 0.29) is 24.3 Å². The number of fused-ring (bicyclic) bond motifs is 1. The third kappa shape index (κ3) is 4.89. The Morgan fingerprint density at radius 3 is 2.20 bits per heavy atom. The van der Waals surface area contributed by atoms with E-state index in [1.54, 1.807) is 24.3 Å². The van der Waals surface area contributed by atoms with Crippen LogP contribution in [0.25, 0.3) is 0 Å². The summed E-state index contributed by atoms with van der Waals surface area (Å²) in [6, 6.07) is 6.83. The predicted octanol–water partition coefficient (Wildman–Crippen LogP) is 1.91. The van der Waals surface area contributed by atoms with Crippen LogP contribution in [0.5, 0.6) is 0 Å². The van der Waals surface area contributed by atoms with Gasteiger partial charge in [-0.2, -0.15) is 0 Å². The molecule has 0 unspecified atom stereocenters. The van der Waals surface area contributed by atoms with Crippen molar-refractivity contribution in [2.24, 2.45) is 0 Å². The van der Waals surface area contributed by atoms with Gasteiger partial charge in [-0.25, -0.2) is 0 Å². The second kappa shape index (κ2) is 9.32. The Hall–Kier alpha value is -2.21. The Kier molecular flexibility index (Phi) is 7.13. The quantitative estimate of drug-likeness (QED) is 0.519. The number of carbonyl (C=O) groups excluding carboxylic acids is 3. The van der Waals surface area contributed by atoms with Gasteiger partial charge in [0.05, 0.1) is 11.1 Å². The summed E-state index contributed by atoms with van der Waals surface area (Å²) in [6.07, 6.45) is 1.72. The van der Waals surface area contributed by atoms with Gasteiger partial charge >= 0.3 is 0 Å². The first kappa shape index (κ1) is 19.1. The normalized spacial score (nSPS) is 13.5. The summed E-state index contributed by atoms with van der Waals surface area (Å²) in [4.78, 5) is 39.8. The average molecular weight is 345 g/mol. The van der Waals surface area contributed by atoms with Gasteiger partial charge in [-0.15, -0.1) is 0 Å². The first-order chi connectivity index (χ1) is 12.1. The van der Waals surface area contributed by atoms with Gasteiger partial charge in [0.2, 0.25) is 5.91 Å². The zero-order valence-corrected chi connectivity index (χ0v) is 15.1. The van der Waals surface area contributed by atoms with E-state index in [4.69, 9.17) is 0 Å². The zero-order valence-electron chi connectivity index (χ0n) is 15.1. The standard InChI is InChI=1S/C19H27N3O3/c1-3-21(4-2)13-8-12-20-17(23)11-7-14-22-18(24)15-9-5-6-10-16(15)19(22)25/h5-6,9-10H,3-4,7-8,11-14H2,1-2H3,(H,20,23). The van der Waals surface area contributed by atoms with Gasteiger partial charge in [0.25, 0.3) is 11.8 Å². The maximum atomic E-state index is 12.2. The third-order valence-electron chi connectivity index (χ3n) is 4.53. The number of benzene rings is 1. The van der Waals surface area contributed by atoms with Crippen molar-refractivity contribution in [2.45, 2.75) is 33.1 Å². The Morgan fingerprint density at radius 1 is 1.04 bits per heavy atom. The summed E-state index contributed by atoms with van der Waals surface area (Å²) >= 11 is 0. The van der Waals surface area contributed by atoms with Gasteiger partial charge < -0.3 is 10.2 Å². The zero-order chi connectivity index (χ0) is 18.2. The highest BCUT2D eigenvalue weighted by Crippen LogP contribution is 2.22. The van der Waals surface area contributed by atoms with Crippen LogP contribution in [0, 0.1) is 0 Å². The number of nitrogens with zero attached hydrogens (tertiary/aromatic N) is 2. The molecule has 1 N–H and O–H groups in total. The largest absolute Gasteiger partial charge is 0.356 e. The van der Waals surface area contributed by atoms with Gasteiger partial charge in [-0.1, -0.05) is 26.0 Å². The Balaban J connectivity index is 1.67. The van der Waals surface area contributed by atoms with Gasteiger partial charge in [-0.3, -0.25) is 19.3 Å². The van der Waals surface area contributed by atoms with Crippen LogP contribution in [0.2, 0.25) is 0 Å². The summed E-state index contributed by atoms with van der Waals surface area (Å²) in [5.74, 6) is -0.559. The van der Waals surface area contributed by atoms with Crippen LogP contribution in [0.15, 0.2) is 24.3 Å². The summed E-state index contributed by atoms with van der Waals surface area (Å²) in [5, 5.41) is 2.90. The monoisotopic (exact) mass is 345 g/mol. The minimum atomic E-state index is -0.264. The van der Waals surface area contributed by atoms with Crippen molar-refractivity contribution >= 4 is 17.7 Å². The number of amides is 3. The van der Waals surface area contributed by atoms with E-state index >= 15 is 0 Å². The molecule has 0 aliphatic carbocycles. The topological polar surface area (TPSA) is 69.7 Å². The minimum absolute atomic E-state index is 0.0313. The average Bonchev–Trinajstić information content (AvgIpc) is 2.87. The molecule has 2 rings (SSSR count). The molecule has 1 aromatic rings. The maximum Gasteiger partial charge on any atom is 0.261 e. The lowest BCUT2D eigenvalue weighted by Crippen LogP contribution is -2.32. The van der Waals surface area contributed by atoms with E-state index in [2.05, 4.69) is 24.1 Å². The van der Waals surface area contributed by atoms with E-state index in [0.29, 0.717) is 30.5 Å². The fraction of sp³-hybridized carbons (Fsp3) is 0.526. The molecule has 1 aliphatic heterocycles. The molecule has 6 nitrogen and oxygen atoms in total. The van der Waals surface area contributed by atoms with Gasteiger partial charge in [0.15, 0.2) is 0 Å². The molecule has 1 aliphatic rings. The molecule has 0 aromatic heterocycles. The molecule has 136 valence electrons. The molecular formula is C19H27N3O3. The molecule has 3 amide bonds. The number of hydrogen-bond donors (Lipinski definition) is 1. The van der Waals surface area contributed by atoms with Gasteiger partial charge in [0, 0.05) is 19.5 Å². The Bertz CT molecular complexity index is 591. The summed E-state index contributed by atoms with van der Waals surface area (Å²) in [7, 11) is 0. The van der Waals surface area contributed by atoms with Crippen molar-refractivity contribution in [3.8, 4) is 0 Å². The van der Waals surface area contributed by atoms with Crippen LogP contribution >= 0.6 is 0 Å². The van der Waals surface area contributed by atoms with Crippen molar-refractivity contribution in [1.82, 2.24) is 15.1 Å². The van der Waals surface area contributed by atoms with Crippen LogP contribution in [0.3, 0.4) is 0 Å². The van der Waals surface area contributed by atoms with E-state index < -0.39 is 0 Å². The lowest BCUT2D eigenvalue weighted by atomic mass is 10.1. The molecule has 1 aromatic carbocycles. The lowest BCUT2D eigenvalue weighted by molar-refractivity contribution is -0.121. The summed E-state index contributed by atoms with van der Waals surface area (Å²) in [5.41, 5.74) is 0.904. The highest BCUT2D eigenvalue weighted by Gasteiger charge is 2.34. The van der Waals surface area contributed by atoms with Crippen LogP contribution < -0.4 is 5.32 Å². The van der Waals surface area contributed by atoms with Crippen LogP contribution in [0.4, 0.5) is 0 Å². The van der Waals surface area contributed by atoms with Crippen LogP contribution in [0.1, 0.15) is 53.8 Å². The van der Waals surface area contributed by atoms with Gasteiger partial charge in [-0.05, 0) is 44.6 Å². The minimum Gasteiger partial charge on any atom is -0.356 e. The number of carbonyl (C=O) groups is 3. The van der Waals surface area contributed by atoms with E-state index in [1.165, 1.54) is 4.90 Å². The third-order valence-corrected chi connectivity index (χ3v) is 4.53. The number of hydrogen-bond acceptors (Lipinski definition) is 4. The fourth-order valence-electron chi connectivity index (χ4n) is 3.00. The number of nitrogens with one attached hydrogen (secondary N) is 1. The van der Waals surface area contributed by atoms with E-state index in [0.717, 1.165) is 26.1 Å². The summed E-state index contributed by atoms with van der Waals surface area (Å²) < 4.78 is 0. The highest BCUT2D eigenvalue weighted by atomic mass is 16.2. The van der Waals surface area contributed by atoms with E-state index in [9.17, 15) is 14.4 Å². The molecule has 25 heavy (non-hydrogen) atoms. The molecule has 0 atom stereocenters. The van der Waals surface area contributed by atoms with E-state index in [1.807, 2.05) is 0 Å². The molecule has 0 bridgehead atoms. The summed E-state index contributed by atoms with van der Waals surface area (Å²) in [6.45, 7) is 8.20. The maximum absolute atomic E-state index is 12.2. The van der Waals surface area contributed by atoms with Crippen molar-refractivity contribution in [2.75, 3.05) is 32.7 Å². The molecule has 6 heteroatoms. The molecule has 0 fully saturated rings. The number of rotatable bonds is 10. The second-order valence-corrected chi connectivity index (χ2v) is 6.14. The Labute approximate surface area is 149 Å². The molecule has 0 radical (unpaired) electrons. The predicted molar refractivity (Wildman–Crippen MR) is 96.5 cm³/mol. The molecular weight excluding hydrogens is 318 g/mol. The molecule has 0 saturated heterocycles. The molecule has 1 heterocycles. The molecule has 0 spiro atoms. The fourth-order valence-corrected chi connectivity index (χ4v) is 3.00. The first-order valence-corrected chi connectivity index (χ1v) is 9.02. The Morgan fingerprint density at radius 2 is 1.64 bits per heavy atom. The van der Waals surface area contributed by atoms with Crippen molar-refractivity contribution in [3.63, 3.8) is 0 Å². The van der Waals surface area contributed by atoms with Crippen molar-refractivity contribution in [3.05, 3.63) is 35.4 Å². The highest BCUT2D eigenvalue weighted by molar-refractivity contribution is 6.21. The first-order valence-electron chi connectivity index (χ1n) is 9.02.